The van der Waals surface area contributed by atoms with E-state index in [0.29, 0.717) is 0 Å². The topological polar surface area (TPSA) is 0 Å². The lowest BCUT2D eigenvalue weighted by molar-refractivity contribution is 1.51. The number of benzene rings is 9. The summed E-state index contributed by atoms with van der Waals surface area (Å²) in [5, 5.41) is 13.0. The molecule has 0 aliphatic carbocycles. The predicted octanol–water partition coefficient (Wildman–Crippen LogP) is 12.6. The third-order valence-electron chi connectivity index (χ3n) is 9.31. The Balaban J connectivity index is 1.45. The zero-order valence-corrected chi connectivity index (χ0v) is 25.2. The molecule has 0 spiro atoms. The Morgan fingerprint density at radius 1 is 0.364 bits per heavy atom. The predicted molar refractivity (Wildman–Crippen MR) is 193 cm³/mol. The lowest BCUT2D eigenvalue weighted by atomic mass is 9.82. The van der Waals surface area contributed by atoms with Crippen molar-refractivity contribution in [2.75, 3.05) is 6.26 Å². The van der Waals surface area contributed by atoms with E-state index in [0.717, 1.165) is 0 Å². The highest BCUT2D eigenvalue weighted by Crippen LogP contribution is 2.49. The van der Waals surface area contributed by atoms with Gasteiger partial charge in [0.15, 0.2) is 0 Å². The molecule has 0 unspecified atom stereocenters. The van der Waals surface area contributed by atoms with Gasteiger partial charge in [-0.05, 0) is 106 Å². The van der Waals surface area contributed by atoms with Crippen molar-refractivity contribution >= 4 is 65.6 Å². The van der Waals surface area contributed by atoms with E-state index in [1.807, 2.05) is 0 Å². The van der Waals surface area contributed by atoms with E-state index in [-0.39, 0.29) is 0 Å². The molecule has 0 aliphatic rings. The van der Waals surface area contributed by atoms with Crippen molar-refractivity contribution in [2.24, 2.45) is 0 Å². The summed E-state index contributed by atoms with van der Waals surface area (Å²) in [4.78, 5) is 1.27. The SMILES string of the molecule is CSc1ccc2c(-c3ccc4ccc5cccc6ccc3c4c56)c3ccccc3c(-c3ccccc3-c3ccccc3)c2c1. The van der Waals surface area contributed by atoms with E-state index in [4.69, 9.17) is 0 Å². The van der Waals surface area contributed by atoms with E-state index in [1.54, 1.807) is 11.8 Å². The van der Waals surface area contributed by atoms with Crippen molar-refractivity contribution < 1.29 is 0 Å². The van der Waals surface area contributed by atoms with Crippen LogP contribution in [-0.4, -0.2) is 6.26 Å². The minimum atomic E-state index is 1.23. The fraction of sp³-hybridized carbons (Fsp3) is 0.0233. The largest absolute Gasteiger partial charge is 0.130 e. The van der Waals surface area contributed by atoms with Crippen molar-refractivity contribution in [1.29, 1.82) is 0 Å². The van der Waals surface area contributed by atoms with Gasteiger partial charge in [0.1, 0.15) is 0 Å². The zero-order valence-electron chi connectivity index (χ0n) is 24.3. The molecular formula is C43H28S. The van der Waals surface area contributed by atoms with Crippen molar-refractivity contribution in [3.05, 3.63) is 152 Å². The first-order valence-corrected chi connectivity index (χ1v) is 16.4. The minimum absolute atomic E-state index is 1.23. The van der Waals surface area contributed by atoms with E-state index >= 15 is 0 Å². The lowest BCUT2D eigenvalue weighted by Crippen LogP contribution is -1.94. The first kappa shape index (κ1) is 25.4. The molecule has 9 aromatic rings. The van der Waals surface area contributed by atoms with Gasteiger partial charge in [-0.1, -0.05) is 140 Å². The molecule has 9 aromatic carbocycles. The molecule has 0 aliphatic heterocycles. The van der Waals surface area contributed by atoms with Crippen LogP contribution in [0.15, 0.2) is 157 Å². The highest BCUT2D eigenvalue weighted by molar-refractivity contribution is 7.98. The van der Waals surface area contributed by atoms with Gasteiger partial charge in [-0.15, -0.1) is 11.8 Å². The minimum Gasteiger partial charge on any atom is -0.130 e. The number of rotatable bonds is 4. The quantitative estimate of drug-likeness (QED) is 0.114. The Morgan fingerprint density at radius 3 is 1.68 bits per heavy atom. The number of thioether (sulfide) groups is 1. The van der Waals surface area contributed by atoms with Crippen LogP contribution in [0.25, 0.3) is 87.2 Å². The van der Waals surface area contributed by atoms with Gasteiger partial charge in [0.2, 0.25) is 0 Å². The average Bonchev–Trinajstić information content (AvgIpc) is 3.10. The van der Waals surface area contributed by atoms with Crippen LogP contribution in [-0.2, 0) is 0 Å². The summed E-state index contributed by atoms with van der Waals surface area (Å²) in [5.41, 5.74) is 7.65. The van der Waals surface area contributed by atoms with Crippen LogP contribution in [0.4, 0.5) is 0 Å². The summed E-state index contributed by atoms with van der Waals surface area (Å²) in [6.45, 7) is 0. The van der Waals surface area contributed by atoms with E-state index < -0.39 is 0 Å². The lowest BCUT2D eigenvalue weighted by Gasteiger charge is -2.21. The zero-order chi connectivity index (χ0) is 29.2. The van der Waals surface area contributed by atoms with Crippen LogP contribution in [0.1, 0.15) is 0 Å². The first-order chi connectivity index (χ1) is 21.8. The van der Waals surface area contributed by atoms with Crippen molar-refractivity contribution in [1.82, 2.24) is 0 Å². The molecule has 0 fully saturated rings. The summed E-state index contributed by atoms with van der Waals surface area (Å²) in [6.07, 6.45) is 2.17. The maximum atomic E-state index is 2.41. The molecule has 1 heteroatoms. The number of hydrogen-bond acceptors (Lipinski definition) is 1. The summed E-state index contributed by atoms with van der Waals surface area (Å²) in [5.74, 6) is 0. The summed E-state index contributed by atoms with van der Waals surface area (Å²) in [6, 6.07) is 56.2. The number of fused-ring (bicyclic) bond motifs is 2. The fourth-order valence-electron chi connectivity index (χ4n) is 7.39. The van der Waals surface area contributed by atoms with Gasteiger partial charge in [-0.3, -0.25) is 0 Å². The van der Waals surface area contributed by atoms with E-state index in [1.165, 1.54) is 92.1 Å². The monoisotopic (exact) mass is 576 g/mol. The summed E-state index contributed by atoms with van der Waals surface area (Å²) in [7, 11) is 0. The molecule has 44 heavy (non-hydrogen) atoms. The molecule has 0 atom stereocenters. The smallest absolute Gasteiger partial charge is 0.00757 e. The molecule has 0 N–H and O–H groups in total. The molecule has 0 heterocycles. The van der Waals surface area contributed by atoms with Crippen LogP contribution >= 0.6 is 11.8 Å². The normalized spacial score (nSPS) is 11.8. The fourth-order valence-corrected chi connectivity index (χ4v) is 7.83. The van der Waals surface area contributed by atoms with E-state index in [9.17, 15) is 0 Å². The highest BCUT2D eigenvalue weighted by atomic mass is 32.2. The Morgan fingerprint density at radius 2 is 0.932 bits per heavy atom. The Bertz CT molecular complexity index is 2510. The van der Waals surface area contributed by atoms with Crippen LogP contribution < -0.4 is 0 Å². The van der Waals surface area contributed by atoms with Crippen molar-refractivity contribution in [3.8, 4) is 33.4 Å². The molecule has 206 valence electrons. The first-order valence-electron chi connectivity index (χ1n) is 15.1. The summed E-state index contributed by atoms with van der Waals surface area (Å²) < 4.78 is 0. The van der Waals surface area contributed by atoms with Gasteiger partial charge in [-0.25, -0.2) is 0 Å². The van der Waals surface area contributed by atoms with Gasteiger partial charge in [0.05, 0.1) is 0 Å². The van der Waals surface area contributed by atoms with Gasteiger partial charge in [-0.2, -0.15) is 0 Å². The van der Waals surface area contributed by atoms with Gasteiger partial charge in [0.25, 0.3) is 0 Å². The molecule has 0 aromatic heterocycles. The second-order valence-electron chi connectivity index (χ2n) is 11.6. The van der Waals surface area contributed by atoms with Crippen LogP contribution in [0.3, 0.4) is 0 Å². The molecule has 0 nitrogen and oxygen atoms in total. The maximum absolute atomic E-state index is 2.41. The standard InChI is InChI=1S/C43H28S/c1-44-31-22-25-38-39(26-31)43(33-15-6-5-14-32(33)27-10-3-2-4-11-27)35-17-8-7-16-34(35)42(38)37-24-21-30-19-18-28-12-9-13-29-20-23-36(37)41(30)40(28)29/h2-26H,1H3. The van der Waals surface area contributed by atoms with Crippen molar-refractivity contribution in [3.63, 3.8) is 0 Å². The Labute approximate surface area is 260 Å². The second kappa shape index (κ2) is 9.98. The van der Waals surface area contributed by atoms with Gasteiger partial charge >= 0.3 is 0 Å². The van der Waals surface area contributed by atoms with Gasteiger partial charge in [0, 0.05) is 4.90 Å². The second-order valence-corrected chi connectivity index (χ2v) is 12.5. The molecule has 0 amide bonds. The molecule has 0 bridgehead atoms. The van der Waals surface area contributed by atoms with Crippen LogP contribution in [0.5, 0.6) is 0 Å². The van der Waals surface area contributed by atoms with Gasteiger partial charge < -0.3 is 0 Å². The number of hydrogen-bond donors (Lipinski definition) is 0. The molecular weight excluding hydrogens is 549 g/mol. The Kier molecular flexibility index (Phi) is 5.76. The molecule has 0 saturated carbocycles. The summed E-state index contributed by atoms with van der Waals surface area (Å²) >= 11 is 1.80. The average molecular weight is 577 g/mol. The third kappa shape index (κ3) is 3.73. The molecule has 9 rings (SSSR count). The third-order valence-corrected chi connectivity index (χ3v) is 10.0. The van der Waals surface area contributed by atoms with Crippen molar-refractivity contribution in [2.45, 2.75) is 4.90 Å². The highest BCUT2D eigenvalue weighted by Gasteiger charge is 2.21. The Hall–Kier alpha value is -5.11. The maximum Gasteiger partial charge on any atom is 0.00757 e. The molecule has 0 radical (unpaired) electrons. The molecule has 0 saturated heterocycles. The van der Waals surface area contributed by atoms with Crippen LogP contribution in [0.2, 0.25) is 0 Å². The van der Waals surface area contributed by atoms with E-state index in [2.05, 4.69) is 158 Å². The van der Waals surface area contributed by atoms with Crippen LogP contribution in [0, 0.1) is 0 Å².